The second-order valence-corrected chi connectivity index (χ2v) is 3.62. The maximum atomic E-state index is 4.59. The van der Waals surface area contributed by atoms with E-state index < -0.39 is 0 Å². The van der Waals surface area contributed by atoms with Gasteiger partial charge < -0.3 is 0 Å². The molecule has 0 spiro atoms. The number of hydrogen-bond acceptors (Lipinski definition) is 1. The Morgan fingerprint density at radius 2 is 2.46 bits per heavy atom. The van der Waals surface area contributed by atoms with Gasteiger partial charge in [0, 0.05) is 5.71 Å². The van der Waals surface area contributed by atoms with Gasteiger partial charge in [-0.2, -0.15) is 0 Å². The first kappa shape index (κ1) is 10.2. The Bertz CT molecular complexity index is 236. The first-order chi connectivity index (χ1) is 6.27. The van der Waals surface area contributed by atoms with E-state index >= 15 is 0 Å². The summed E-state index contributed by atoms with van der Waals surface area (Å²) >= 11 is 0. The maximum Gasteiger partial charge on any atom is 0.0748 e. The van der Waals surface area contributed by atoms with Crippen molar-refractivity contribution in [1.29, 1.82) is 0 Å². The molecular weight excluding hydrogens is 158 g/mol. The highest BCUT2D eigenvalue weighted by Gasteiger charge is 2.16. The molecule has 0 radical (unpaired) electrons. The molecule has 1 nitrogen and oxygen atoms in total. The zero-order chi connectivity index (χ0) is 9.68. The second kappa shape index (κ2) is 5.00. The van der Waals surface area contributed by atoms with Gasteiger partial charge in [0.05, 0.1) is 6.04 Å². The largest absolute Gasteiger partial charge is 0.286 e. The van der Waals surface area contributed by atoms with Crippen molar-refractivity contribution in [3.63, 3.8) is 0 Å². The summed E-state index contributed by atoms with van der Waals surface area (Å²) in [5, 5.41) is 0. The molecular formula is C12H19N. The van der Waals surface area contributed by atoms with Gasteiger partial charge in [-0.15, -0.1) is 0 Å². The molecule has 1 aliphatic rings. The molecule has 0 aromatic heterocycles. The van der Waals surface area contributed by atoms with Crippen molar-refractivity contribution in [3.05, 3.63) is 24.3 Å². The average molecular weight is 177 g/mol. The van der Waals surface area contributed by atoms with E-state index in [0.717, 1.165) is 12.8 Å². The van der Waals surface area contributed by atoms with Gasteiger partial charge in [0.2, 0.25) is 0 Å². The molecule has 13 heavy (non-hydrogen) atoms. The van der Waals surface area contributed by atoms with Crippen molar-refractivity contribution in [2.24, 2.45) is 4.99 Å². The van der Waals surface area contributed by atoms with Gasteiger partial charge in [0.1, 0.15) is 0 Å². The first-order valence-electron chi connectivity index (χ1n) is 5.13. The van der Waals surface area contributed by atoms with Crippen LogP contribution in [-0.2, 0) is 0 Å². The Labute approximate surface area is 81.3 Å². The monoisotopic (exact) mass is 177 g/mol. The molecule has 0 saturated heterocycles. The highest BCUT2D eigenvalue weighted by molar-refractivity contribution is 5.84. The standard InChI is InChI=1S/C12H19N/c1-4-6-7-11(5-2)12-9-8-10(3)13-12/h5,7,12H,2,4,6,8-9H2,1,3H3/b11-7+. The fraction of sp³-hybridized carbons (Fsp3) is 0.583. The molecule has 1 heterocycles. The van der Waals surface area contributed by atoms with Crippen molar-refractivity contribution in [1.82, 2.24) is 0 Å². The third-order valence-electron chi connectivity index (χ3n) is 2.44. The minimum Gasteiger partial charge on any atom is -0.286 e. The van der Waals surface area contributed by atoms with E-state index in [1.807, 2.05) is 6.08 Å². The molecule has 0 N–H and O–H groups in total. The number of aliphatic imine (C=N–C) groups is 1. The Hall–Kier alpha value is -0.850. The van der Waals surface area contributed by atoms with Crippen LogP contribution in [0.3, 0.4) is 0 Å². The van der Waals surface area contributed by atoms with Crippen LogP contribution < -0.4 is 0 Å². The van der Waals surface area contributed by atoms with Crippen molar-refractivity contribution in [2.45, 2.75) is 45.6 Å². The van der Waals surface area contributed by atoms with E-state index in [4.69, 9.17) is 0 Å². The van der Waals surface area contributed by atoms with Crippen LogP contribution in [0, 0.1) is 0 Å². The Morgan fingerprint density at radius 1 is 1.69 bits per heavy atom. The van der Waals surface area contributed by atoms with E-state index in [-0.39, 0.29) is 0 Å². The molecule has 0 fully saturated rings. The summed E-state index contributed by atoms with van der Waals surface area (Å²) in [4.78, 5) is 4.59. The second-order valence-electron chi connectivity index (χ2n) is 3.62. The van der Waals surface area contributed by atoms with Crippen LogP contribution in [0.15, 0.2) is 29.3 Å². The van der Waals surface area contributed by atoms with Gasteiger partial charge in [-0.1, -0.05) is 32.1 Å². The summed E-state index contributed by atoms with van der Waals surface area (Å²) < 4.78 is 0. The number of hydrogen-bond donors (Lipinski definition) is 0. The van der Waals surface area contributed by atoms with Crippen molar-refractivity contribution >= 4 is 5.71 Å². The highest BCUT2D eigenvalue weighted by Crippen LogP contribution is 2.21. The van der Waals surface area contributed by atoms with E-state index in [2.05, 4.69) is 31.5 Å². The van der Waals surface area contributed by atoms with Crippen LogP contribution in [-0.4, -0.2) is 11.8 Å². The molecule has 1 aliphatic heterocycles. The number of allylic oxidation sites excluding steroid dienone is 1. The van der Waals surface area contributed by atoms with Crippen LogP contribution in [0.2, 0.25) is 0 Å². The van der Waals surface area contributed by atoms with Crippen LogP contribution in [0.5, 0.6) is 0 Å². The molecule has 0 aliphatic carbocycles. The Balaban J connectivity index is 2.62. The highest BCUT2D eigenvalue weighted by atomic mass is 14.8. The van der Waals surface area contributed by atoms with E-state index in [9.17, 15) is 0 Å². The topological polar surface area (TPSA) is 12.4 Å². The fourth-order valence-electron chi connectivity index (χ4n) is 1.65. The quantitative estimate of drug-likeness (QED) is 0.583. The maximum absolute atomic E-state index is 4.59. The molecule has 0 bridgehead atoms. The van der Waals surface area contributed by atoms with E-state index in [1.54, 1.807) is 0 Å². The third kappa shape index (κ3) is 2.83. The lowest BCUT2D eigenvalue weighted by Gasteiger charge is -2.07. The van der Waals surface area contributed by atoms with Gasteiger partial charge >= 0.3 is 0 Å². The van der Waals surface area contributed by atoms with Crippen molar-refractivity contribution in [3.8, 4) is 0 Å². The third-order valence-corrected chi connectivity index (χ3v) is 2.44. The zero-order valence-electron chi connectivity index (χ0n) is 8.71. The summed E-state index contributed by atoms with van der Waals surface area (Å²) in [6.45, 7) is 8.15. The summed E-state index contributed by atoms with van der Waals surface area (Å²) in [7, 11) is 0. The lowest BCUT2D eigenvalue weighted by molar-refractivity contribution is 0.771. The van der Waals surface area contributed by atoms with Gasteiger partial charge in [-0.3, -0.25) is 4.99 Å². The van der Waals surface area contributed by atoms with Crippen LogP contribution >= 0.6 is 0 Å². The van der Waals surface area contributed by atoms with Crippen LogP contribution in [0.25, 0.3) is 0 Å². The minimum absolute atomic E-state index is 0.407. The van der Waals surface area contributed by atoms with Crippen LogP contribution in [0.4, 0.5) is 0 Å². The predicted octanol–water partition coefficient (Wildman–Crippen LogP) is 3.52. The number of nitrogens with zero attached hydrogens (tertiary/aromatic N) is 1. The number of unbranched alkanes of at least 4 members (excludes halogenated alkanes) is 1. The predicted molar refractivity (Wildman–Crippen MR) is 59.3 cm³/mol. The van der Waals surface area contributed by atoms with Crippen molar-refractivity contribution < 1.29 is 0 Å². The normalized spacial score (nSPS) is 23.1. The molecule has 0 saturated carbocycles. The molecule has 1 heteroatoms. The average Bonchev–Trinajstić information content (AvgIpc) is 2.54. The lowest BCUT2D eigenvalue weighted by Crippen LogP contribution is -2.01. The van der Waals surface area contributed by atoms with Crippen LogP contribution in [0.1, 0.15) is 39.5 Å². The smallest absolute Gasteiger partial charge is 0.0748 e. The summed E-state index contributed by atoms with van der Waals surface area (Å²) in [6, 6.07) is 0.407. The van der Waals surface area contributed by atoms with Crippen molar-refractivity contribution in [2.75, 3.05) is 0 Å². The SMILES string of the molecule is C=C/C(=C\CCC)C1CCC(C)=N1. The van der Waals surface area contributed by atoms with E-state index in [0.29, 0.717) is 6.04 Å². The molecule has 0 aromatic rings. The fourth-order valence-corrected chi connectivity index (χ4v) is 1.65. The van der Waals surface area contributed by atoms with E-state index in [1.165, 1.54) is 24.1 Å². The molecule has 1 atom stereocenters. The summed E-state index contributed by atoms with van der Waals surface area (Å²) in [5.74, 6) is 0. The molecule has 72 valence electrons. The molecule has 0 amide bonds. The summed E-state index contributed by atoms with van der Waals surface area (Å²) in [6.07, 6.45) is 8.91. The van der Waals surface area contributed by atoms with Gasteiger partial charge in [0.15, 0.2) is 0 Å². The molecule has 0 aromatic carbocycles. The first-order valence-corrected chi connectivity index (χ1v) is 5.13. The molecule has 1 unspecified atom stereocenters. The minimum atomic E-state index is 0.407. The zero-order valence-corrected chi connectivity index (χ0v) is 8.71. The Kier molecular flexibility index (Phi) is 3.94. The molecule has 1 rings (SSSR count). The van der Waals surface area contributed by atoms with Gasteiger partial charge in [-0.25, -0.2) is 0 Å². The number of rotatable bonds is 4. The lowest BCUT2D eigenvalue weighted by atomic mass is 10.0. The van der Waals surface area contributed by atoms with Gasteiger partial charge in [0.25, 0.3) is 0 Å². The Morgan fingerprint density at radius 3 is 2.92 bits per heavy atom. The summed E-state index contributed by atoms with van der Waals surface area (Å²) in [5.41, 5.74) is 2.60. The van der Waals surface area contributed by atoms with Gasteiger partial charge in [-0.05, 0) is 31.8 Å².